The van der Waals surface area contributed by atoms with Crippen molar-refractivity contribution in [1.82, 2.24) is 15.1 Å². The van der Waals surface area contributed by atoms with Gasteiger partial charge in [-0.2, -0.15) is 5.10 Å². The minimum Gasteiger partial charge on any atom is -0.496 e. The van der Waals surface area contributed by atoms with Gasteiger partial charge < -0.3 is 10.1 Å². The van der Waals surface area contributed by atoms with Crippen LogP contribution in [0.25, 0.3) is 0 Å². The summed E-state index contributed by atoms with van der Waals surface area (Å²) in [6.45, 7) is 7.19. The van der Waals surface area contributed by atoms with E-state index in [0.29, 0.717) is 0 Å². The van der Waals surface area contributed by atoms with Crippen molar-refractivity contribution in [3.05, 3.63) is 46.8 Å². The minimum absolute atomic E-state index is 0.233. The molecule has 1 aromatic carbocycles. The van der Waals surface area contributed by atoms with Crippen molar-refractivity contribution in [2.24, 2.45) is 7.05 Å². The van der Waals surface area contributed by atoms with Crippen LogP contribution in [0, 0.1) is 13.8 Å². The number of nitrogens with zero attached hydrogens (tertiary/aromatic N) is 2. The second-order valence-electron chi connectivity index (χ2n) is 5.46. The molecule has 1 atom stereocenters. The SMILES string of the molecule is CCNC(Cc1cc(C)ccc1OC)c1cc(C)nn1C. The lowest BCUT2D eigenvalue weighted by atomic mass is 10.00. The average Bonchev–Trinajstić information content (AvgIpc) is 2.77. The Morgan fingerprint density at radius 2 is 2.05 bits per heavy atom. The number of benzene rings is 1. The van der Waals surface area contributed by atoms with Gasteiger partial charge in [0.05, 0.1) is 24.5 Å². The molecule has 0 radical (unpaired) electrons. The molecule has 0 fully saturated rings. The van der Waals surface area contributed by atoms with Crippen molar-refractivity contribution >= 4 is 0 Å². The van der Waals surface area contributed by atoms with Crippen LogP contribution in [-0.4, -0.2) is 23.4 Å². The van der Waals surface area contributed by atoms with Gasteiger partial charge in [-0.25, -0.2) is 0 Å². The summed E-state index contributed by atoms with van der Waals surface area (Å²) in [6.07, 6.45) is 0.887. The standard InChI is InChI=1S/C17H25N3O/c1-6-18-15(16-10-13(3)19-20(16)4)11-14-9-12(2)7-8-17(14)21-5/h7-10,15,18H,6,11H2,1-5H3. The largest absolute Gasteiger partial charge is 0.496 e. The van der Waals surface area contributed by atoms with Gasteiger partial charge >= 0.3 is 0 Å². The van der Waals surface area contributed by atoms with E-state index in [1.807, 2.05) is 24.7 Å². The average molecular weight is 287 g/mol. The molecule has 4 nitrogen and oxygen atoms in total. The fourth-order valence-corrected chi connectivity index (χ4v) is 2.77. The van der Waals surface area contributed by atoms with Gasteiger partial charge in [0.15, 0.2) is 0 Å². The van der Waals surface area contributed by atoms with E-state index in [4.69, 9.17) is 4.74 Å². The minimum atomic E-state index is 0.233. The number of aryl methyl sites for hydroxylation is 3. The quantitative estimate of drug-likeness (QED) is 0.888. The molecule has 1 unspecified atom stereocenters. The second-order valence-corrected chi connectivity index (χ2v) is 5.46. The molecule has 1 aromatic heterocycles. The predicted molar refractivity (Wildman–Crippen MR) is 85.8 cm³/mol. The van der Waals surface area contributed by atoms with Gasteiger partial charge in [-0.05, 0) is 44.5 Å². The number of rotatable bonds is 6. The van der Waals surface area contributed by atoms with Crippen LogP contribution < -0.4 is 10.1 Å². The third-order valence-electron chi connectivity index (χ3n) is 3.71. The zero-order valence-electron chi connectivity index (χ0n) is 13.6. The van der Waals surface area contributed by atoms with E-state index in [9.17, 15) is 0 Å². The van der Waals surface area contributed by atoms with Crippen LogP contribution in [0.2, 0.25) is 0 Å². The number of methoxy groups -OCH3 is 1. The maximum Gasteiger partial charge on any atom is 0.122 e. The summed E-state index contributed by atoms with van der Waals surface area (Å²) in [5.74, 6) is 0.947. The molecular weight excluding hydrogens is 262 g/mol. The Bertz CT molecular complexity index is 604. The van der Waals surface area contributed by atoms with Crippen molar-refractivity contribution in [3.63, 3.8) is 0 Å². The highest BCUT2D eigenvalue weighted by Gasteiger charge is 2.18. The van der Waals surface area contributed by atoms with Crippen LogP contribution in [0.3, 0.4) is 0 Å². The van der Waals surface area contributed by atoms with E-state index >= 15 is 0 Å². The predicted octanol–water partition coefficient (Wildman–Crippen LogP) is 2.94. The third-order valence-corrected chi connectivity index (χ3v) is 3.71. The highest BCUT2D eigenvalue weighted by Crippen LogP contribution is 2.26. The van der Waals surface area contributed by atoms with Crippen LogP contribution in [0.15, 0.2) is 24.3 Å². The van der Waals surface area contributed by atoms with Gasteiger partial charge in [0.1, 0.15) is 5.75 Å². The van der Waals surface area contributed by atoms with E-state index in [1.165, 1.54) is 16.8 Å². The number of aromatic nitrogens is 2. The molecule has 1 N–H and O–H groups in total. The maximum absolute atomic E-state index is 5.50. The first-order chi connectivity index (χ1) is 10.0. The lowest BCUT2D eigenvalue weighted by molar-refractivity contribution is 0.404. The lowest BCUT2D eigenvalue weighted by Crippen LogP contribution is -2.25. The number of hydrogen-bond acceptors (Lipinski definition) is 3. The van der Waals surface area contributed by atoms with E-state index < -0.39 is 0 Å². The first kappa shape index (κ1) is 15.6. The van der Waals surface area contributed by atoms with E-state index in [2.05, 4.69) is 42.5 Å². The van der Waals surface area contributed by atoms with Crippen LogP contribution in [-0.2, 0) is 13.5 Å². The first-order valence-corrected chi connectivity index (χ1v) is 7.42. The fraction of sp³-hybridized carbons (Fsp3) is 0.471. The molecular formula is C17H25N3O. The summed E-state index contributed by atoms with van der Waals surface area (Å²) < 4.78 is 7.46. The Labute approximate surface area is 127 Å². The molecule has 0 aliphatic rings. The van der Waals surface area contributed by atoms with Crippen molar-refractivity contribution in [3.8, 4) is 5.75 Å². The molecule has 0 bridgehead atoms. The van der Waals surface area contributed by atoms with Crippen molar-refractivity contribution < 1.29 is 4.74 Å². The molecule has 0 spiro atoms. The van der Waals surface area contributed by atoms with E-state index in [-0.39, 0.29) is 6.04 Å². The zero-order valence-corrected chi connectivity index (χ0v) is 13.6. The Balaban J connectivity index is 2.32. The third kappa shape index (κ3) is 3.64. The Hall–Kier alpha value is -1.81. The Kier molecular flexibility index (Phi) is 5.02. The van der Waals surface area contributed by atoms with Crippen LogP contribution in [0.5, 0.6) is 5.75 Å². The molecule has 114 valence electrons. The molecule has 2 rings (SSSR count). The fourth-order valence-electron chi connectivity index (χ4n) is 2.77. The zero-order chi connectivity index (χ0) is 15.4. The molecule has 0 saturated heterocycles. The molecule has 1 heterocycles. The van der Waals surface area contributed by atoms with Gasteiger partial charge in [-0.1, -0.05) is 24.6 Å². The van der Waals surface area contributed by atoms with Crippen molar-refractivity contribution in [2.45, 2.75) is 33.2 Å². The molecule has 2 aromatic rings. The van der Waals surface area contributed by atoms with Crippen LogP contribution in [0.1, 0.15) is 35.5 Å². The molecule has 0 saturated carbocycles. The maximum atomic E-state index is 5.50. The second kappa shape index (κ2) is 6.76. The highest BCUT2D eigenvalue weighted by atomic mass is 16.5. The molecule has 0 aliphatic heterocycles. The van der Waals surface area contributed by atoms with Gasteiger partial charge in [-0.3, -0.25) is 4.68 Å². The number of ether oxygens (including phenoxy) is 1. The van der Waals surface area contributed by atoms with Gasteiger partial charge in [0.2, 0.25) is 0 Å². The Morgan fingerprint density at radius 3 is 2.62 bits per heavy atom. The van der Waals surface area contributed by atoms with E-state index in [0.717, 1.165) is 24.4 Å². The summed E-state index contributed by atoms with van der Waals surface area (Å²) in [6, 6.07) is 8.71. The topological polar surface area (TPSA) is 39.1 Å². The number of hydrogen-bond donors (Lipinski definition) is 1. The van der Waals surface area contributed by atoms with Crippen LogP contribution >= 0.6 is 0 Å². The van der Waals surface area contributed by atoms with Gasteiger partial charge in [0, 0.05) is 7.05 Å². The molecule has 0 aliphatic carbocycles. The summed E-state index contributed by atoms with van der Waals surface area (Å²) in [5, 5.41) is 8.02. The summed E-state index contributed by atoms with van der Waals surface area (Å²) in [4.78, 5) is 0. The molecule has 4 heteroatoms. The lowest BCUT2D eigenvalue weighted by Gasteiger charge is -2.20. The van der Waals surface area contributed by atoms with Gasteiger partial charge in [-0.15, -0.1) is 0 Å². The molecule has 21 heavy (non-hydrogen) atoms. The number of nitrogens with one attached hydrogen (secondary N) is 1. The summed E-state index contributed by atoms with van der Waals surface area (Å²) >= 11 is 0. The highest BCUT2D eigenvalue weighted by molar-refractivity contribution is 5.38. The summed E-state index contributed by atoms with van der Waals surface area (Å²) in [5.41, 5.74) is 4.73. The Morgan fingerprint density at radius 1 is 1.29 bits per heavy atom. The van der Waals surface area contributed by atoms with Crippen molar-refractivity contribution in [1.29, 1.82) is 0 Å². The molecule has 0 amide bonds. The van der Waals surface area contributed by atoms with Crippen molar-refractivity contribution in [2.75, 3.05) is 13.7 Å². The van der Waals surface area contributed by atoms with E-state index in [1.54, 1.807) is 7.11 Å². The first-order valence-electron chi connectivity index (χ1n) is 7.42. The monoisotopic (exact) mass is 287 g/mol. The normalized spacial score (nSPS) is 12.4. The number of likely N-dealkylation sites (N-methyl/N-ethyl adjacent to an activating group) is 1. The van der Waals surface area contributed by atoms with Crippen LogP contribution in [0.4, 0.5) is 0 Å². The summed E-state index contributed by atoms with van der Waals surface area (Å²) in [7, 11) is 3.73. The smallest absolute Gasteiger partial charge is 0.122 e. The van der Waals surface area contributed by atoms with Gasteiger partial charge in [0.25, 0.3) is 0 Å².